The first-order valence-corrected chi connectivity index (χ1v) is 9.89. The SMILES string of the molecule is CCC(C)c1ccc[c-]1[Si](C)(C)c1ccccc1.[Cl-].[Cl-].[Cl-].[Ti+4]. The molecule has 2 aromatic rings. The zero-order chi connectivity index (χ0) is 13.2. The summed E-state index contributed by atoms with van der Waals surface area (Å²) in [5.74, 6) is 0.672. The molecule has 0 aromatic heterocycles. The Morgan fingerprint density at radius 3 is 2.00 bits per heavy atom. The fraction of sp³-hybridized carbons (Fsp3) is 0.353. The Morgan fingerprint density at radius 2 is 1.50 bits per heavy atom. The maximum Gasteiger partial charge on any atom is 4.00 e. The summed E-state index contributed by atoms with van der Waals surface area (Å²) in [5.41, 5.74) is 1.57. The minimum absolute atomic E-state index is 0. The van der Waals surface area contributed by atoms with Crippen molar-refractivity contribution in [3.05, 3.63) is 54.1 Å². The van der Waals surface area contributed by atoms with Gasteiger partial charge < -0.3 is 37.2 Å². The van der Waals surface area contributed by atoms with Crippen LogP contribution in [0.3, 0.4) is 0 Å². The normalized spacial score (nSPS) is 11.1. The molecule has 0 radical (unpaired) electrons. The molecule has 0 spiro atoms. The van der Waals surface area contributed by atoms with Crippen LogP contribution in [-0.2, 0) is 21.7 Å². The quantitative estimate of drug-likeness (QED) is 0.350. The Kier molecular flexibility index (Phi) is 14.7. The second kappa shape index (κ2) is 11.8. The van der Waals surface area contributed by atoms with Gasteiger partial charge in [0.05, 0.1) is 8.07 Å². The van der Waals surface area contributed by atoms with E-state index in [2.05, 4.69) is 75.5 Å². The van der Waals surface area contributed by atoms with E-state index in [0.29, 0.717) is 5.92 Å². The summed E-state index contributed by atoms with van der Waals surface area (Å²) in [7, 11) is -1.53. The zero-order valence-electron chi connectivity index (χ0n) is 13.5. The van der Waals surface area contributed by atoms with E-state index in [1.807, 2.05) is 0 Å². The van der Waals surface area contributed by atoms with Crippen LogP contribution in [-0.4, -0.2) is 8.07 Å². The minimum Gasteiger partial charge on any atom is -1.00 e. The topological polar surface area (TPSA) is 0 Å². The van der Waals surface area contributed by atoms with Crippen LogP contribution in [0.2, 0.25) is 13.1 Å². The van der Waals surface area contributed by atoms with Crippen LogP contribution < -0.4 is 47.6 Å². The van der Waals surface area contributed by atoms with Crippen LogP contribution in [0, 0.1) is 0 Å². The van der Waals surface area contributed by atoms with Gasteiger partial charge >= 0.3 is 21.7 Å². The molecule has 0 fully saturated rings. The monoisotopic (exact) mass is 408 g/mol. The number of rotatable bonds is 4. The molecule has 0 heterocycles. The van der Waals surface area contributed by atoms with Gasteiger partial charge in [0.1, 0.15) is 0 Å². The molecule has 0 aliphatic heterocycles. The zero-order valence-corrected chi connectivity index (χ0v) is 18.4. The van der Waals surface area contributed by atoms with Crippen molar-refractivity contribution in [2.24, 2.45) is 0 Å². The van der Waals surface area contributed by atoms with Gasteiger partial charge in [-0.15, -0.1) is 0 Å². The molecule has 0 amide bonds. The molecule has 2 aromatic carbocycles. The van der Waals surface area contributed by atoms with Crippen molar-refractivity contribution in [2.75, 3.05) is 0 Å². The molecule has 0 saturated carbocycles. The van der Waals surface area contributed by atoms with E-state index in [1.165, 1.54) is 11.6 Å². The van der Waals surface area contributed by atoms with E-state index in [9.17, 15) is 0 Å². The van der Waals surface area contributed by atoms with E-state index in [1.54, 1.807) is 10.8 Å². The summed E-state index contributed by atoms with van der Waals surface area (Å²) in [5, 5.41) is 3.14. The van der Waals surface area contributed by atoms with Crippen molar-refractivity contribution in [2.45, 2.75) is 39.3 Å². The second-order valence-corrected chi connectivity index (χ2v) is 10.1. The van der Waals surface area contributed by atoms with Crippen LogP contribution in [0.1, 0.15) is 31.7 Å². The number of benzene rings is 1. The molecule has 0 bridgehead atoms. The molecule has 2 rings (SSSR count). The third kappa shape index (κ3) is 5.78. The molecular formula is C17H23Cl3SiTi. The van der Waals surface area contributed by atoms with Crippen molar-refractivity contribution in [1.82, 2.24) is 0 Å². The van der Waals surface area contributed by atoms with Crippen molar-refractivity contribution >= 4 is 18.4 Å². The minimum atomic E-state index is -1.53. The smallest absolute Gasteiger partial charge is 1.00 e. The van der Waals surface area contributed by atoms with E-state index in [0.717, 1.165) is 0 Å². The van der Waals surface area contributed by atoms with Crippen molar-refractivity contribution in [3.63, 3.8) is 0 Å². The van der Waals surface area contributed by atoms with E-state index >= 15 is 0 Å². The van der Waals surface area contributed by atoms with Crippen LogP contribution in [0.5, 0.6) is 0 Å². The van der Waals surface area contributed by atoms with Gasteiger partial charge in [0.25, 0.3) is 0 Å². The van der Waals surface area contributed by atoms with Gasteiger partial charge in [-0.05, 0) is 5.92 Å². The van der Waals surface area contributed by atoms with E-state index < -0.39 is 8.07 Å². The molecule has 0 nitrogen and oxygen atoms in total. The predicted octanol–water partition coefficient (Wildman–Crippen LogP) is -5.25. The van der Waals surface area contributed by atoms with Crippen LogP contribution in [0.4, 0.5) is 0 Å². The van der Waals surface area contributed by atoms with Gasteiger partial charge in [0.2, 0.25) is 0 Å². The third-order valence-corrected chi connectivity index (χ3v) is 7.74. The summed E-state index contributed by atoms with van der Waals surface area (Å²) in [6.45, 7) is 9.54. The van der Waals surface area contributed by atoms with Gasteiger partial charge in [-0.1, -0.05) is 68.9 Å². The average molecular weight is 410 g/mol. The number of halogens is 3. The Labute approximate surface area is 170 Å². The molecular weight excluding hydrogens is 386 g/mol. The molecule has 0 N–H and O–H groups in total. The van der Waals surface area contributed by atoms with Gasteiger partial charge in [0.15, 0.2) is 0 Å². The standard InChI is InChI=1S/C17H23Si.3ClH.Ti/c1-5-14(2)16-12-9-13-17(16)18(3,4)15-10-7-6-8-11-15;;;;/h6-14H,5H2,1-4H3;3*1H;/q-1;;;;+4/p-3. The molecule has 5 heteroatoms. The first kappa shape index (κ1) is 27.2. The van der Waals surface area contributed by atoms with Crippen LogP contribution in [0.25, 0.3) is 0 Å². The molecule has 120 valence electrons. The van der Waals surface area contributed by atoms with Crippen molar-refractivity contribution in [1.29, 1.82) is 0 Å². The molecule has 1 unspecified atom stereocenters. The summed E-state index contributed by atoms with van der Waals surface area (Å²) in [4.78, 5) is 0. The van der Waals surface area contributed by atoms with Gasteiger partial charge in [-0.2, -0.15) is 16.8 Å². The first-order valence-electron chi connectivity index (χ1n) is 6.89. The fourth-order valence-electron chi connectivity index (χ4n) is 2.66. The van der Waals surface area contributed by atoms with E-state index in [4.69, 9.17) is 0 Å². The largest absolute Gasteiger partial charge is 4.00 e. The Hall–Kier alpha value is 0.371. The molecule has 0 saturated heterocycles. The van der Waals surface area contributed by atoms with Crippen molar-refractivity contribution in [3.8, 4) is 0 Å². The van der Waals surface area contributed by atoms with Gasteiger partial charge in [0, 0.05) is 0 Å². The summed E-state index contributed by atoms with van der Waals surface area (Å²) in [6.07, 6.45) is 1.22. The maximum absolute atomic E-state index is 2.46. The Morgan fingerprint density at radius 1 is 0.955 bits per heavy atom. The Bertz CT molecular complexity index is 512. The first-order chi connectivity index (χ1) is 8.57. The summed E-state index contributed by atoms with van der Waals surface area (Å²) < 4.78 is 0. The molecule has 0 aliphatic carbocycles. The van der Waals surface area contributed by atoms with Gasteiger partial charge in [-0.3, -0.25) is 0 Å². The van der Waals surface area contributed by atoms with Crippen LogP contribution >= 0.6 is 0 Å². The summed E-state index contributed by atoms with van der Waals surface area (Å²) in [6, 6.07) is 17.9. The molecule has 22 heavy (non-hydrogen) atoms. The molecule has 0 aliphatic rings. The number of hydrogen-bond acceptors (Lipinski definition) is 0. The third-order valence-electron chi connectivity index (χ3n) is 4.16. The molecule has 1 atom stereocenters. The van der Waals surface area contributed by atoms with Gasteiger partial charge in [-0.25, -0.2) is 12.1 Å². The maximum atomic E-state index is 2.46. The number of hydrogen-bond donors (Lipinski definition) is 0. The fourth-order valence-corrected chi connectivity index (χ4v) is 5.56. The van der Waals surface area contributed by atoms with Crippen LogP contribution in [0.15, 0.2) is 48.5 Å². The summed E-state index contributed by atoms with van der Waals surface area (Å²) >= 11 is 0. The average Bonchev–Trinajstić information content (AvgIpc) is 2.89. The predicted molar refractivity (Wildman–Crippen MR) is 83.9 cm³/mol. The second-order valence-electron chi connectivity index (χ2n) is 5.70. The van der Waals surface area contributed by atoms with E-state index in [-0.39, 0.29) is 58.9 Å². The Balaban J connectivity index is -0.000000902. The van der Waals surface area contributed by atoms with Crippen molar-refractivity contribution < 1.29 is 58.9 Å².